The van der Waals surface area contributed by atoms with Gasteiger partial charge in [0, 0.05) is 18.7 Å². The second kappa shape index (κ2) is 5.02. The molecular weight excluding hydrogens is 240 g/mol. The topological polar surface area (TPSA) is 55.2 Å². The summed E-state index contributed by atoms with van der Waals surface area (Å²) in [5, 5.41) is 14.7. The first-order valence-electron chi connectivity index (χ1n) is 5.78. The summed E-state index contributed by atoms with van der Waals surface area (Å²) < 4.78 is 0. The fourth-order valence-corrected chi connectivity index (χ4v) is 2.31. The normalized spacial score (nSPS) is 22.5. The number of nitrogens with zero attached hydrogens (tertiary/aromatic N) is 1. The highest BCUT2D eigenvalue weighted by Gasteiger charge is 2.35. The van der Waals surface area contributed by atoms with Gasteiger partial charge in [-0.15, -0.1) is 0 Å². The van der Waals surface area contributed by atoms with Gasteiger partial charge in [-0.25, -0.2) is 0 Å². The second-order valence-electron chi connectivity index (χ2n) is 4.39. The van der Waals surface area contributed by atoms with Gasteiger partial charge in [-0.3, -0.25) is 10.1 Å². The van der Waals surface area contributed by atoms with Crippen molar-refractivity contribution in [3.8, 4) is 0 Å². The van der Waals surface area contributed by atoms with E-state index < -0.39 is 0 Å². The standard InChI is InChI=1S/C12H15ClN2O2/c1-2-8-6-11(8)14-7-9-10(13)4-3-5-12(9)15(16)17/h3-5,8,11,14H,2,6-7H2,1H3. The highest BCUT2D eigenvalue weighted by Crippen LogP contribution is 2.34. The molecule has 1 N–H and O–H groups in total. The van der Waals surface area contributed by atoms with E-state index in [1.807, 2.05) is 0 Å². The number of benzene rings is 1. The Morgan fingerprint density at radius 1 is 1.59 bits per heavy atom. The Hall–Kier alpha value is -1.13. The summed E-state index contributed by atoms with van der Waals surface area (Å²) in [6.07, 6.45) is 2.32. The summed E-state index contributed by atoms with van der Waals surface area (Å²) in [5.41, 5.74) is 0.680. The predicted octanol–water partition coefficient (Wildman–Crippen LogP) is 3.14. The molecule has 1 aromatic rings. The third-order valence-electron chi connectivity index (χ3n) is 3.28. The van der Waals surface area contributed by atoms with Crippen LogP contribution in [0.5, 0.6) is 0 Å². The molecule has 4 nitrogen and oxygen atoms in total. The largest absolute Gasteiger partial charge is 0.309 e. The zero-order valence-electron chi connectivity index (χ0n) is 9.65. The minimum atomic E-state index is -0.382. The fraction of sp³-hybridized carbons (Fsp3) is 0.500. The highest BCUT2D eigenvalue weighted by molar-refractivity contribution is 6.31. The smallest absolute Gasteiger partial charge is 0.275 e. The Labute approximate surface area is 105 Å². The Balaban J connectivity index is 2.06. The van der Waals surface area contributed by atoms with Crippen molar-refractivity contribution in [3.63, 3.8) is 0 Å². The molecule has 2 rings (SSSR count). The fourth-order valence-electron chi connectivity index (χ4n) is 2.08. The average Bonchev–Trinajstić information content (AvgIpc) is 3.05. The molecule has 1 aromatic carbocycles. The van der Waals surface area contributed by atoms with Gasteiger partial charge in [0.2, 0.25) is 0 Å². The molecule has 0 spiro atoms. The molecule has 0 saturated heterocycles. The van der Waals surface area contributed by atoms with Crippen LogP contribution in [0.2, 0.25) is 5.02 Å². The molecule has 2 atom stereocenters. The average molecular weight is 255 g/mol. The number of rotatable bonds is 5. The van der Waals surface area contributed by atoms with E-state index in [0.717, 1.165) is 18.8 Å². The maximum Gasteiger partial charge on any atom is 0.275 e. The summed E-state index contributed by atoms with van der Waals surface area (Å²) >= 11 is 6.00. The van der Waals surface area contributed by atoms with Crippen LogP contribution in [0.4, 0.5) is 5.69 Å². The van der Waals surface area contributed by atoms with E-state index in [-0.39, 0.29) is 10.6 Å². The number of hydrogen-bond donors (Lipinski definition) is 1. The van der Waals surface area contributed by atoms with E-state index in [4.69, 9.17) is 11.6 Å². The van der Waals surface area contributed by atoms with Crippen LogP contribution in [0.3, 0.4) is 0 Å². The van der Waals surface area contributed by atoms with E-state index in [1.54, 1.807) is 12.1 Å². The zero-order valence-corrected chi connectivity index (χ0v) is 10.4. The molecule has 1 aliphatic carbocycles. The van der Waals surface area contributed by atoms with Crippen LogP contribution < -0.4 is 5.32 Å². The van der Waals surface area contributed by atoms with E-state index in [0.29, 0.717) is 23.2 Å². The molecule has 1 fully saturated rings. The lowest BCUT2D eigenvalue weighted by molar-refractivity contribution is -0.385. The molecular formula is C12H15ClN2O2. The summed E-state index contributed by atoms with van der Waals surface area (Å²) in [5.74, 6) is 0.719. The molecule has 1 aliphatic rings. The van der Waals surface area contributed by atoms with Crippen LogP contribution in [-0.4, -0.2) is 11.0 Å². The monoisotopic (exact) mass is 254 g/mol. The molecule has 2 unspecified atom stereocenters. The van der Waals surface area contributed by atoms with Crippen molar-refractivity contribution in [2.75, 3.05) is 0 Å². The van der Waals surface area contributed by atoms with Crippen molar-refractivity contribution < 1.29 is 4.92 Å². The number of hydrogen-bond acceptors (Lipinski definition) is 3. The molecule has 92 valence electrons. The van der Waals surface area contributed by atoms with Gasteiger partial charge in [-0.2, -0.15) is 0 Å². The minimum absolute atomic E-state index is 0.0960. The first kappa shape index (κ1) is 12.3. The van der Waals surface area contributed by atoms with Crippen molar-refractivity contribution in [1.29, 1.82) is 0 Å². The van der Waals surface area contributed by atoms with Gasteiger partial charge < -0.3 is 5.32 Å². The van der Waals surface area contributed by atoms with Gasteiger partial charge >= 0.3 is 0 Å². The lowest BCUT2D eigenvalue weighted by Crippen LogP contribution is -2.18. The molecule has 1 saturated carbocycles. The van der Waals surface area contributed by atoms with Crippen molar-refractivity contribution in [2.45, 2.75) is 32.4 Å². The lowest BCUT2D eigenvalue weighted by atomic mass is 10.1. The van der Waals surface area contributed by atoms with Gasteiger partial charge in [-0.1, -0.05) is 31.0 Å². The molecule has 0 aliphatic heterocycles. The number of halogens is 1. The summed E-state index contributed by atoms with van der Waals surface area (Å²) in [7, 11) is 0. The summed E-state index contributed by atoms with van der Waals surface area (Å²) in [6.45, 7) is 2.63. The maximum atomic E-state index is 10.9. The third-order valence-corrected chi connectivity index (χ3v) is 3.63. The molecule has 0 aromatic heterocycles. The van der Waals surface area contributed by atoms with Gasteiger partial charge in [0.1, 0.15) is 0 Å². The van der Waals surface area contributed by atoms with Crippen LogP contribution in [0, 0.1) is 16.0 Å². The third kappa shape index (κ3) is 2.76. The molecule has 0 radical (unpaired) electrons. The van der Waals surface area contributed by atoms with Crippen molar-refractivity contribution >= 4 is 17.3 Å². The number of nitro groups is 1. The lowest BCUT2D eigenvalue weighted by Gasteiger charge is -2.06. The first-order chi connectivity index (χ1) is 8.13. The van der Waals surface area contributed by atoms with Crippen molar-refractivity contribution in [2.24, 2.45) is 5.92 Å². The number of nitrogens with one attached hydrogen (secondary N) is 1. The van der Waals surface area contributed by atoms with Crippen molar-refractivity contribution in [3.05, 3.63) is 38.9 Å². The summed E-state index contributed by atoms with van der Waals surface area (Å²) in [4.78, 5) is 10.5. The molecule has 17 heavy (non-hydrogen) atoms. The first-order valence-corrected chi connectivity index (χ1v) is 6.16. The maximum absolute atomic E-state index is 10.9. The highest BCUT2D eigenvalue weighted by atomic mass is 35.5. The quantitative estimate of drug-likeness (QED) is 0.649. The zero-order chi connectivity index (χ0) is 12.4. The Kier molecular flexibility index (Phi) is 3.64. The number of nitro benzene ring substituents is 1. The predicted molar refractivity (Wildman–Crippen MR) is 67.1 cm³/mol. The second-order valence-corrected chi connectivity index (χ2v) is 4.79. The molecule has 0 heterocycles. The van der Waals surface area contributed by atoms with Gasteiger partial charge in [0.05, 0.1) is 15.5 Å². The molecule has 5 heteroatoms. The Morgan fingerprint density at radius 3 is 2.94 bits per heavy atom. The Morgan fingerprint density at radius 2 is 2.35 bits per heavy atom. The minimum Gasteiger partial charge on any atom is -0.309 e. The van der Waals surface area contributed by atoms with Gasteiger partial charge in [-0.05, 0) is 18.4 Å². The van der Waals surface area contributed by atoms with Gasteiger partial charge in [0.25, 0.3) is 5.69 Å². The van der Waals surface area contributed by atoms with E-state index in [1.165, 1.54) is 6.07 Å². The van der Waals surface area contributed by atoms with Crippen molar-refractivity contribution in [1.82, 2.24) is 5.32 Å². The van der Waals surface area contributed by atoms with E-state index in [2.05, 4.69) is 12.2 Å². The SMILES string of the molecule is CCC1CC1NCc1c(Cl)cccc1[N+](=O)[O-]. The summed E-state index contributed by atoms with van der Waals surface area (Å²) in [6, 6.07) is 5.29. The van der Waals surface area contributed by atoms with Crippen LogP contribution in [0.1, 0.15) is 25.3 Å². The molecule has 0 amide bonds. The van der Waals surface area contributed by atoms with Crippen LogP contribution in [0.25, 0.3) is 0 Å². The molecule has 0 bridgehead atoms. The van der Waals surface area contributed by atoms with Crippen LogP contribution in [-0.2, 0) is 6.54 Å². The van der Waals surface area contributed by atoms with E-state index in [9.17, 15) is 10.1 Å². The van der Waals surface area contributed by atoms with E-state index >= 15 is 0 Å². The Bertz CT molecular complexity index is 437. The van der Waals surface area contributed by atoms with Gasteiger partial charge in [0.15, 0.2) is 0 Å². The van der Waals surface area contributed by atoms with Crippen LogP contribution in [0.15, 0.2) is 18.2 Å². The van der Waals surface area contributed by atoms with Crippen LogP contribution >= 0.6 is 11.6 Å².